The minimum atomic E-state index is -0.542. The second-order valence-corrected chi connectivity index (χ2v) is 3.74. The lowest BCUT2D eigenvalue weighted by Crippen LogP contribution is -2.28. The highest BCUT2D eigenvalue weighted by Crippen LogP contribution is 2.29. The molecule has 0 aliphatic heterocycles. The highest BCUT2D eigenvalue weighted by Gasteiger charge is 2.31. The van der Waals surface area contributed by atoms with Gasteiger partial charge in [0.1, 0.15) is 0 Å². The zero-order chi connectivity index (χ0) is 9.07. The Hall–Kier alpha value is -0.570. The summed E-state index contributed by atoms with van der Waals surface area (Å²) in [5, 5.41) is 8.15. The largest absolute Gasteiger partial charge is 0.345 e. The van der Waals surface area contributed by atoms with Gasteiger partial charge in [0, 0.05) is 0 Å². The van der Waals surface area contributed by atoms with Crippen LogP contribution in [-0.2, 0) is 9.68 Å². The molecule has 0 radical (unpaired) electrons. The summed E-state index contributed by atoms with van der Waals surface area (Å²) in [5.41, 5.74) is -0.144. The molecule has 0 heterocycles. The molecule has 1 N–H and O–H groups in total. The molecule has 1 atom stereocenters. The van der Waals surface area contributed by atoms with E-state index in [0.717, 1.165) is 0 Å². The van der Waals surface area contributed by atoms with E-state index in [4.69, 9.17) is 5.26 Å². The van der Waals surface area contributed by atoms with Crippen LogP contribution in [0.3, 0.4) is 0 Å². The predicted octanol–water partition coefficient (Wildman–Crippen LogP) is 2.07. The molecule has 0 fully saturated rings. The van der Waals surface area contributed by atoms with Crippen molar-refractivity contribution in [2.75, 3.05) is 0 Å². The van der Waals surface area contributed by atoms with Gasteiger partial charge in [0.2, 0.25) is 0 Å². The van der Waals surface area contributed by atoms with Gasteiger partial charge >= 0.3 is 5.97 Å². The van der Waals surface area contributed by atoms with Gasteiger partial charge in [-0.3, -0.25) is 0 Å². The third kappa shape index (κ3) is 2.89. The highest BCUT2D eigenvalue weighted by atomic mass is 17.1. The van der Waals surface area contributed by atoms with Gasteiger partial charge in [0.25, 0.3) is 0 Å². The van der Waals surface area contributed by atoms with Crippen LogP contribution >= 0.6 is 0 Å². The quantitative estimate of drug-likeness (QED) is 0.497. The minimum Gasteiger partial charge on any atom is -0.301 e. The molecule has 11 heavy (non-hydrogen) atoms. The number of carbonyl (C=O) groups excluding carboxylic acids is 1. The molecule has 66 valence electrons. The first kappa shape index (κ1) is 10.4. The maximum absolute atomic E-state index is 10.9. The molecule has 0 aromatic heterocycles. The normalized spacial score (nSPS) is 14.3. The Labute approximate surface area is 67.3 Å². The van der Waals surface area contributed by atoms with Gasteiger partial charge in [0.15, 0.2) is 0 Å². The van der Waals surface area contributed by atoms with E-state index in [1.165, 1.54) is 0 Å². The molecule has 0 aliphatic rings. The summed E-state index contributed by atoms with van der Waals surface area (Å²) in [4.78, 5) is 14.6. The fraction of sp³-hybridized carbons (Fsp3) is 0.875. The van der Waals surface area contributed by atoms with Crippen molar-refractivity contribution < 1.29 is 14.9 Å². The Bertz CT molecular complexity index is 135. The molecule has 0 aliphatic carbocycles. The second kappa shape index (κ2) is 3.72. The second-order valence-electron chi connectivity index (χ2n) is 3.74. The van der Waals surface area contributed by atoms with Gasteiger partial charge in [0.05, 0.1) is 5.92 Å². The summed E-state index contributed by atoms with van der Waals surface area (Å²) in [5.74, 6) is -0.771. The Morgan fingerprint density at radius 3 is 2.09 bits per heavy atom. The lowest BCUT2D eigenvalue weighted by Gasteiger charge is -2.25. The lowest BCUT2D eigenvalue weighted by atomic mass is 9.79. The molecular formula is C8H16O3. The summed E-state index contributed by atoms with van der Waals surface area (Å²) in [7, 11) is 0. The van der Waals surface area contributed by atoms with Crippen molar-refractivity contribution >= 4 is 5.97 Å². The maximum atomic E-state index is 10.9. The molecule has 0 saturated heterocycles. The Balaban J connectivity index is 4.29. The molecule has 3 heteroatoms. The van der Waals surface area contributed by atoms with Crippen molar-refractivity contribution in [1.29, 1.82) is 0 Å². The van der Waals surface area contributed by atoms with Crippen molar-refractivity contribution in [2.45, 2.75) is 34.1 Å². The summed E-state index contributed by atoms with van der Waals surface area (Å²) in [6.45, 7) is 7.72. The first-order valence-corrected chi connectivity index (χ1v) is 3.78. The molecule has 0 aromatic carbocycles. The molecule has 0 bridgehead atoms. The van der Waals surface area contributed by atoms with Crippen molar-refractivity contribution in [3.8, 4) is 0 Å². The summed E-state index contributed by atoms with van der Waals surface area (Å²) in [6.07, 6.45) is 0.683. The highest BCUT2D eigenvalue weighted by molar-refractivity contribution is 5.72. The zero-order valence-electron chi connectivity index (χ0n) is 7.55. The van der Waals surface area contributed by atoms with Crippen molar-refractivity contribution in [3.63, 3.8) is 0 Å². The SMILES string of the molecule is CCC(C(=O)OO)C(C)(C)C. The Kier molecular flexibility index (Phi) is 3.52. The molecule has 0 spiro atoms. The third-order valence-electron chi connectivity index (χ3n) is 1.83. The van der Waals surface area contributed by atoms with Gasteiger partial charge in [-0.15, -0.1) is 0 Å². The van der Waals surface area contributed by atoms with E-state index < -0.39 is 5.97 Å². The number of hydrogen-bond acceptors (Lipinski definition) is 3. The third-order valence-corrected chi connectivity index (χ3v) is 1.83. The first-order chi connectivity index (χ1) is 4.93. The van der Waals surface area contributed by atoms with E-state index in [1.54, 1.807) is 0 Å². The van der Waals surface area contributed by atoms with Crippen LogP contribution < -0.4 is 0 Å². The van der Waals surface area contributed by atoms with Crippen LogP contribution in [0, 0.1) is 11.3 Å². The fourth-order valence-corrected chi connectivity index (χ4v) is 1.20. The zero-order valence-corrected chi connectivity index (χ0v) is 7.55. The van der Waals surface area contributed by atoms with Crippen molar-refractivity contribution in [1.82, 2.24) is 0 Å². The van der Waals surface area contributed by atoms with Gasteiger partial charge in [-0.05, 0) is 11.8 Å². The molecule has 0 rings (SSSR count). The van der Waals surface area contributed by atoms with Crippen LogP contribution in [0.4, 0.5) is 0 Å². The average molecular weight is 160 g/mol. The predicted molar refractivity (Wildman–Crippen MR) is 42.0 cm³/mol. The van der Waals surface area contributed by atoms with E-state index in [0.29, 0.717) is 6.42 Å². The van der Waals surface area contributed by atoms with E-state index in [2.05, 4.69) is 4.89 Å². The van der Waals surface area contributed by atoms with Crippen LogP contribution in [0.1, 0.15) is 34.1 Å². The fourth-order valence-electron chi connectivity index (χ4n) is 1.20. The topological polar surface area (TPSA) is 46.5 Å². The van der Waals surface area contributed by atoms with E-state index in [-0.39, 0.29) is 11.3 Å². The molecular weight excluding hydrogens is 144 g/mol. The molecule has 0 saturated carbocycles. The number of rotatable bonds is 2. The van der Waals surface area contributed by atoms with E-state index in [1.807, 2.05) is 27.7 Å². The molecule has 0 aromatic rings. The Morgan fingerprint density at radius 1 is 1.55 bits per heavy atom. The molecule has 1 unspecified atom stereocenters. The molecule has 0 amide bonds. The maximum Gasteiger partial charge on any atom is 0.345 e. The smallest absolute Gasteiger partial charge is 0.301 e. The minimum absolute atomic E-state index is 0.144. The van der Waals surface area contributed by atoms with E-state index >= 15 is 0 Å². The van der Waals surface area contributed by atoms with Crippen LogP contribution in [0.5, 0.6) is 0 Å². The van der Waals surface area contributed by atoms with Crippen molar-refractivity contribution in [2.24, 2.45) is 11.3 Å². The van der Waals surface area contributed by atoms with Gasteiger partial charge in [-0.25, -0.2) is 4.79 Å². The standard InChI is InChI=1S/C8H16O3/c1-5-6(7(9)11-10)8(2,3)4/h6,10H,5H2,1-4H3. The monoisotopic (exact) mass is 160 g/mol. The first-order valence-electron chi connectivity index (χ1n) is 3.78. The van der Waals surface area contributed by atoms with Crippen LogP contribution in [0.2, 0.25) is 0 Å². The number of hydrogen-bond donors (Lipinski definition) is 1. The van der Waals surface area contributed by atoms with Crippen LogP contribution in [-0.4, -0.2) is 11.2 Å². The van der Waals surface area contributed by atoms with Crippen LogP contribution in [0.15, 0.2) is 0 Å². The van der Waals surface area contributed by atoms with E-state index in [9.17, 15) is 4.79 Å². The number of carbonyl (C=O) groups is 1. The summed E-state index contributed by atoms with van der Waals surface area (Å²) in [6, 6.07) is 0. The van der Waals surface area contributed by atoms with Crippen molar-refractivity contribution in [3.05, 3.63) is 0 Å². The molecule has 3 nitrogen and oxygen atoms in total. The van der Waals surface area contributed by atoms with Gasteiger partial charge in [-0.1, -0.05) is 27.7 Å². The Morgan fingerprint density at radius 2 is 2.00 bits per heavy atom. The van der Waals surface area contributed by atoms with Gasteiger partial charge in [-0.2, -0.15) is 5.26 Å². The van der Waals surface area contributed by atoms with Crippen LogP contribution in [0.25, 0.3) is 0 Å². The van der Waals surface area contributed by atoms with Gasteiger partial charge < -0.3 is 4.89 Å². The summed E-state index contributed by atoms with van der Waals surface area (Å²) < 4.78 is 0. The lowest BCUT2D eigenvalue weighted by molar-refractivity contribution is -0.242. The summed E-state index contributed by atoms with van der Waals surface area (Å²) >= 11 is 0. The average Bonchev–Trinajstić information content (AvgIpc) is 1.86.